The Balaban J connectivity index is 1.13. The van der Waals surface area contributed by atoms with Gasteiger partial charge in [-0.3, -0.25) is 0 Å². The third-order valence-electron chi connectivity index (χ3n) is 9.46. The van der Waals surface area contributed by atoms with Gasteiger partial charge in [-0.25, -0.2) is 15.0 Å². The van der Waals surface area contributed by atoms with Crippen molar-refractivity contribution < 1.29 is 4.42 Å². The lowest BCUT2D eigenvalue weighted by molar-refractivity contribution is 0.669. The van der Waals surface area contributed by atoms with E-state index >= 15 is 0 Å². The van der Waals surface area contributed by atoms with Gasteiger partial charge in [0.1, 0.15) is 11.2 Å². The van der Waals surface area contributed by atoms with Gasteiger partial charge >= 0.3 is 0 Å². The second kappa shape index (κ2) is 11.4. The monoisotopic (exact) mass is 640 g/mol. The van der Waals surface area contributed by atoms with Gasteiger partial charge in [0.25, 0.3) is 0 Å². The number of benzene rings is 7. The van der Waals surface area contributed by atoms with E-state index in [2.05, 4.69) is 102 Å². The number of fused-ring (bicyclic) bond motifs is 6. The van der Waals surface area contributed by atoms with E-state index in [1.54, 1.807) is 0 Å². The minimum absolute atomic E-state index is 0.606. The van der Waals surface area contributed by atoms with Gasteiger partial charge in [-0.05, 0) is 53.6 Å². The Kier molecular flexibility index (Phi) is 6.42. The molecule has 5 nitrogen and oxygen atoms in total. The number of rotatable bonds is 5. The van der Waals surface area contributed by atoms with E-state index in [1.807, 2.05) is 72.8 Å². The molecule has 0 saturated carbocycles. The van der Waals surface area contributed by atoms with Crippen molar-refractivity contribution in [3.63, 3.8) is 0 Å². The molecule has 0 unspecified atom stereocenters. The number of para-hydroxylation sites is 2. The first-order valence-corrected chi connectivity index (χ1v) is 16.7. The van der Waals surface area contributed by atoms with Gasteiger partial charge in [-0.1, -0.05) is 127 Å². The molecular weight excluding hydrogens is 613 g/mol. The molecule has 3 heterocycles. The average molecular weight is 641 g/mol. The van der Waals surface area contributed by atoms with E-state index < -0.39 is 0 Å². The maximum atomic E-state index is 6.56. The van der Waals surface area contributed by atoms with Crippen molar-refractivity contribution in [2.75, 3.05) is 0 Å². The first-order valence-electron chi connectivity index (χ1n) is 16.7. The quantitative estimate of drug-likeness (QED) is 0.188. The van der Waals surface area contributed by atoms with Crippen molar-refractivity contribution >= 4 is 43.7 Å². The number of aromatic nitrogens is 4. The van der Waals surface area contributed by atoms with Gasteiger partial charge in [0.05, 0.1) is 11.0 Å². The van der Waals surface area contributed by atoms with Crippen LogP contribution in [0.3, 0.4) is 0 Å². The zero-order valence-electron chi connectivity index (χ0n) is 26.9. The Labute approximate surface area is 287 Å². The largest absolute Gasteiger partial charge is 0.456 e. The van der Waals surface area contributed by atoms with Gasteiger partial charge in [-0.15, -0.1) is 0 Å². The van der Waals surface area contributed by atoms with E-state index in [1.165, 1.54) is 21.8 Å². The molecule has 10 rings (SSSR count). The number of hydrogen-bond acceptors (Lipinski definition) is 4. The van der Waals surface area contributed by atoms with Crippen molar-refractivity contribution in [2.24, 2.45) is 0 Å². The Hall–Kier alpha value is -6.85. The van der Waals surface area contributed by atoms with E-state index in [0.717, 1.165) is 55.4 Å². The molecule has 0 saturated heterocycles. The van der Waals surface area contributed by atoms with Gasteiger partial charge in [-0.2, -0.15) is 0 Å². The molecule has 0 aliphatic carbocycles. The van der Waals surface area contributed by atoms with E-state index in [9.17, 15) is 0 Å². The predicted octanol–water partition coefficient (Wildman–Crippen LogP) is 11.5. The van der Waals surface area contributed by atoms with Crippen LogP contribution in [0.25, 0.3) is 94.7 Å². The lowest BCUT2D eigenvalue weighted by Crippen LogP contribution is -2.00. The molecule has 0 spiro atoms. The highest BCUT2D eigenvalue weighted by atomic mass is 16.3. The molecule has 234 valence electrons. The van der Waals surface area contributed by atoms with Crippen LogP contribution in [0, 0.1) is 0 Å². The van der Waals surface area contributed by atoms with Crippen LogP contribution in [-0.2, 0) is 0 Å². The SMILES string of the molecule is c1ccc(-c2nc(-c3ccccc3)nc(-c3cccc4oc5cc(-c6ccc7c8ccccc8n(-c8ccccc8)c7c6)ccc5c34)n2)cc1. The fourth-order valence-corrected chi connectivity index (χ4v) is 7.13. The van der Waals surface area contributed by atoms with E-state index in [0.29, 0.717) is 17.5 Å². The van der Waals surface area contributed by atoms with Crippen LogP contribution in [0.2, 0.25) is 0 Å². The summed E-state index contributed by atoms with van der Waals surface area (Å²) in [6.07, 6.45) is 0. The first-order chi connectivity index (χ1) is 24.8. The molecule has 10 aromatic rings. The fourth-order valence-electron chi connectivity index (χ4n) is 7.13. The molecule has 50 heavy (non-hydrogen) atoms. The van der Waals surface area contributed by atoms with Crippen molar-refractivity contribution in [3.05, 3.63) is 170 Å². The third-order valence-corrected chi connectivity index (χ3v) is 9.46. The van der Waals surface area contributed by atoms with Crippen LogP contribution in [-0.4, -0.2) is 19.5 Å². The summed E-state index contributed by atoms with van der Waals surface area (Å²) in [5, 5.41) is 4.46. The number of furan rings is 1. The summed E-state index contributed by atoms with van der Waals surface area (Å²) in [6, 6.07) is 58.6. The second-order valence-electron chi connectivity index (χ2n) is 12.5. The first kappa shape index (κ1) is 28.2. The van der Waals surface area contributed by atoms with Crippen molar-refractivity contribution in [3.8, 4) is 51.0 Å². The van der Waals surface area contributed by atoms with Crippen LogP contribution in [0.1, 0.15) is 0 Å². The molecule has 7 aromatic carbocycles. The minimum atomic E-state index is 0.606. The molecule has 0 radical (unpaired) electrons. The van der Waals surface area contributed by atoms with E-state index in [-0.39, 0.29) is 0 Å². The zero-order chi connectivity index (χ0) is 33.0. The lowest BCUT2D eigenvalue weighted by atomic mass is 10.0. The Morgan fingerprint density at radius 1 is 0.380 bits per heavy atom. The summed E-state index contributed by atoms with van der Waals surface area (Å²) < 4.78 is 8.91. The lowest BCUT2D eigenvalue weighted by Gasteiger charge is -2.09. The van der Waals surface area contributed by atoms with Crippen LogP contribution in [0.4, 0.5) is 0 Å². The highest BCUT2D eigenvalue weighted by Gasteiger charge is 2.19. The molecule has 0 aliphatic heterocycles. The molecule has 3 aromatic heterocycles. The second-order valence-corrected chi connectivity index (χ2v) is 12.5. The van der Waals surface area contributed by atoms with Crippen LogP contribution in [0.5, 0.6) is 0 Å². The Morgan fingerprint density at radius 3 is 1.68 bits per heavy atom. The highest BCUT2D eigenvalue weighted by molar-refractivity contribution is 6.13. The zero-order valence-corrected chi connectivity index (χ0v) is 26.9. The summed E-state index contributed by atoms with van der Waals surface area (Å²) in [4.78, 5) is 14.9. The van der Waals surface area contributed by atoms with E-state index in [4.69, 9.17) is 19.4 Å². The van der Waals surface area contributed by atoms with Gasteiger partial charge in [0.15, 0.2) is 17.5 Å². The normalized spacial score (nSPS) is 11.6. The maximum absolute atomic E-state index is 6.56. The Bertz CT molecular complexity index is 2800. The fraction of sp³-hybridized carbons (Fsp3) is 0. The van der Waals surface area contributed by atoms with Crippen molar-refractivity contribution in [2.45, 2.75) is 0 Å². The van der Waals surface area contributed by atoms with Crippen molar-refractivity contribution in [1.82, 2.24) is 19.5 Å². The molecule has 0 atom stereocenters. The molecule has 0 bridgehead atoms. The summed E-state index contributed by atoms with van der Waals surface area (Å²) in [7, 11) is 0. The van der Waals surface area contributed by atoms with Gasteiger partial charge in [0, 0.05) is 43.9 Å². The molecule has 0 N–H and O–H groups in total. The molecular formula is C45H28N4O. The number of nitrogens with zero attached hydrogens (tertiary/aromatic N) is 4. The molecule has 5 heteroatoms. The molecule has 0 fully saturated rings. The predicted molar refractivity (Wildman–Crippen MR) is 203 cm³/mol. The number of hydrogen-bond donors (Lipinski definition) is 0. The Morgan fingerprint density at radius 2 is 0.960 bits per heavy atom. The highest BCUT2D eigenvalue weighted by Crippen LogP contribution is 2.40. The molecule has 0 amide bonds. The smallest absolute Gasteiger partial charge is 0.164 e. The van der Waals surface area contributed by atoms with Crippen LogP contribution in [0.15, 0.2) is 174 Å². The topological polar surface area (TPSA) is 56.7 Å². The average Bonchev–Trinajstić information content (AvgIpc) is 3.74. The minimum Gasteiger partial charge on any atom is -0.456 e. The summed E-state index contributed by atoms with van der Waals surface area (Å²) in [6.45, 7) is 0. The summed E-state index contributed by atoms with van der Waals surface area (Å²) in [5.41, 5.74) is 10.1. The summed E-state index contributed by atoms with van der Waals surface area (Å²) >= 11 is 0. The van der Waals surface area contributed by atoms with Gasteiger partial charge < -0.3 is 8.98 Å². The molecule has 0 aliphatic rings. The van der Waals surface area contributed by atoms with Crippen LogP contribution >= 0.6 is 0 Å². The standard InChI is InChI=1S/C45H28N4O/c1-4-13-29(14-5-1)43-46-44(30-15-6-2-7-16-30)48-45(47-43)37-20-12-22-40-42(37)36-26-24-32(28-41(36)50-40)31-23-25-35-34-19-10-11-21-38(34)49(39(35)27-31)33-17-8-3-9-18-33/h1-28H. The maximum Gasteiger partial charge on any atom is 0.164 e. The van der Waals surface area contributed by atoms with Crippen LogP contribution < -0.4 is 0 Å². The van der Waals surface area contributed by atoms with Crippen molar-refractivity contribution in [1.29, 1.82) is 0 Å². The van der Waals surface area contributed by atoms with Gasteiger partial charge in [0.2, 0.25) is 0 Å². The third kappa shape index (κ3) is 4.60. The summed E-state index contributed by atoms with van der Waals surface area (Å²) in [5.74, 6) is 1.86.